The van der Waals surface area contributed by atoms with Gasteiger partial charge in [0, 0.05) is 11.4 Å². The molecule has 0 N–H and O–H groups in total. The molecule has 4 nitrogen and oxygen atoms in total. The van der Waals surface area contributed by atoms with Crippen molar-refractivity contribution in [2.24, 2.45) is 5.10 Å². The summed E-state index contributed by atoms with van der Waals surface area (Å²) in [6.07, 6.45) is 4.27. The number of carbonyl (C=O) groups excluding carboxylic acids is 1. The van der Waals surface area contributed by atoms with Gasteiger partial charge in [-0.25, -0.2) is 5.01 Å². The number of nitrogens with zero attached hydrogens (tertiary/aromatic N) is 3. The molecule has 4 rings (SSSR count). The van der Waals surface area contributed by atoms with Crippen molar-refractivity contribution in [2.75, 3.05) is 19.6 Å². The summed E-state index contributed by atoms with van der Waals surface area (Å²) in [5, 5.41) is 7.12. The van der Waals surface area contributed by atoms with E-state index in [1.54, 1.807) is 5.01 Å². The SMILES string of the molecule is Cc1ccc(C2=NN(C(=O)CN3CCCCC3)C(c3ccccc3Cl)C2)cc1. The third-order valence-electron chi connectivity index (χ3n) is 5.62. The number of halogens is 1. The van der Waals surface area contributed by atoms with Gasteiger partial charge >= 0.3 is 0 Å². The number of hydrogen-bond acceptors (Lipinski definition) is 3. The van der Waals surface area contributed by atoms with Crippen LogP contribution in [0.4, 0.5) is 0 Å². The van der Waals surface area contributed by atoms with Gasteiger partial charge < -0.3 is 0 Å². The summed E-state index contributed by atoms with van der Waals surface area (Å²) >= 11 is 6.48. The minimum atomic E-state index is -0.151. The van der Waals surface area contributed by atoms with Crippen LogP contribution in [0.3, 0.4) is 0 Å². The van der Waals surface area contributed by atoms with Gasteiger partial charge in [-0.05, 0) is 50.0 Å². The van der Waals surface area contributed by atoms with Crippen LogP contribution in [0.25, 0.3) is 0 Å². The quantitative estimate of drug-likeness (QED) is 0.744. The number of carbonyl (C=O) groups is 1. The van der Waals surface area contributed by atoms with E-state index in [1.807, 2.05) is 24.3 Å². The lowest BCUT2D eigenvalue weighted by atomic mass is 9.98. The number of hydrazone groups is 1. The van der Waals surface area contributed by atoms with Crippen molar-refractivity contribution in [1.29, 1.82) is 0 Å². The molecule has 0 radical (unpaired) electrons. The predicted octanol–water partition coefficient (Wildman–Crippen LogP) is 4.81. The number of hydrogen-bond donors (Lipinski definition) is 0. The van der Waals surface area contributed by atoms with Crippen LogP contribution in [0.2, 0.25) is 5.02 Å². The Bertz CT molecular complexity index is 872. The number of amides is 1. The van der Waals surface area contributed by atoms with Crippen molar-refractivity contribution in [3.05, 3.63) is 70.2 Å². The van der Waals surface area contributed by atoms with E-state index in [1.165, 1.54) is 24.8 Å². The average Bonchev–Trinajstić information content (AvgIpc) is 3.15. The first-order chi connectivity index (χ1) is 13.6. The third kappa shape index (κ3) is 4.13. The van der Waals surface area contributed by atoms with Crippen LogP contribution in [0.1, 0.15) is 48.4 Å². The van der Waals surface area contributed by atoms with Crippen LogP contribution in [0, 0.1) is 6.92 Å². The first-order valence-corrected chi connectivity index (χ1v) is 10.4. The highest BCUT2D eigenvalue weighted by molar-refractivity contribution is 6.31. The van der Waals surface area contributed by atoms with Crippen LogP contribution in [-0.2, 0) is 4.79 Å². The monoisotopic (exact) mass is 395 g/mol. The molecule has 2 aliphatic heterocycles. The minimum Gasteiger partial charge on any atom is -0.294 e. The maximum absolute atomic E-state index is 13.2. The van der Waals surface area contributed by atoms with Crippen molar-refractivity contribution in [3.8, 4) is 0 Å². The largest absolute Gasteiger partial charge is 0.294 e. The fourth-order valence-corrected chi connectivity index (χ4v) is 4.29. The van der Waals surface area contributed by atoms with E-state index in [-0.39, 0.29) is 11.9 Å². The number of likely N-dealkylation sites (tertiary alicyclic amines) is 1. The molecule has 2 aromatic carbocycles. The summed E-state index contributed by atoms with van der Waals surface area (Å²) in [6.45, 7) is 4.47. The van der Waals surface area contributed by atoms with Gasteiger partial charge in [-0.1, -0.05) is 66.0 Å². The van der Waals surface area contributed by atoms with E-state index in [9.17, 15) is 4.79 Å². The number of benzene rings is 2. The molecule has 0 bridgehead atoms. The zero-order chi connectivity index (χ0) is 19.5. The van der Waals surface area contributed by atoms with Gasteiger partial charge in [-0.2, -0.15) is 5.10 Å². The summed E-state index contributed by atoms with van der Waals surface area (Å²) < 4.78 is 0. The Labute approximate surface area is 171 Å². The van der Waals surface area contributed by atoms with Crippen LogP contribution in [0.5, 0.6) is 0 Å². The van der Waals surface area contributed by atoms with Crippen molar-refractivity contribution >= 4 is 23.2 Å². The molecule has 2 heterocycles. The van der Waals surface area contributed by atoms with Gasteiger partial charge in [0.2, 0.25) is 0 Å². The van der Waals surface area contributed by atoms with E-state index in [2.05, 4.69) is 36.1 Å². The van der Waals surface area contributed by atoms with Gasteiger partial charge in [-0.3, -0.25) is 9.69 Å². The summed E-state index contributed by atoms with van der Waals surface area (Å²) in [6, 6.07) is 16.0. The lowest BCUT2D eigenvalue weighted by Gasteiger charge is -2.29. The Hall–Kier alpha value is -2.17. The van der Waals surface area contributed by atoms with Crippen molar-refractivity contribution in [2.45, 2.75) is 38.6 Å². The van der Waals surface area contributed by atoms with E-state index in [4.69, 9.17) is 16.7 Å². The predicted molar refractivity (Wildman–Crippen MR) is 114 cm³/mol. The zero-order valence-corrected chi connectivity index (χ0v) is 17.0. The fraction of sp³-hybridized carbons (Fsp3) is 0.391. The first kappa shape index (κ1) is 19.2. The summed E-state index contributed by atoms with van der Waals surface area (Å²) in [7, 11) is 0. The van der Waals surface area contributed by atoms with Crippen molar-refractivity contribution in [3.63, 3.8) is 0 Å². The summed E-state index contributed by atoms with van der Waals surface area (Å²) in [5.74, 6) is 0.0499. The van der Waals surface area contributed by atoms with Crippen LogP contribution in [-0.4, -0.2) is 41.2 Å². The smallest absolute Gasteiger partial charge is 0.257 e. The van der Waals surface area contributed by atoms with Gasteiger partial charge in [0.1, 0.15) is 0 Å². The second kappa shape index (κ2) is 8.46. The van der Waals surface area contributed by atoms with Crippen molar-refractivity contribution in [1.82, 2.24) is 9.91 Å². The minimum absolute atomic E-state index is 0.0499. The summed E-state index contributed by atoms with van der Waals surface area (Å²) in [5.41, 5.74) is 4.18. The highest BCUT2D eigenvalue weighted by atomic mass is 35.5. The molecular formula is C23H26ClN3O. The fourth-order valence-electron chi connectivity index (χ4n) is 4.03. The second-order valence-electron chi connectivity index (χ2n) is 7.73. The van der Waals surface area contributed by atoms with Gasteiger partial charge in [-0.15, -0.1) is 0 Å². The molecular weight excluding hydrogens is 370 g/mol. The van der Waals surface area contributed by atoms with Gasteiger partial charge in [0.05, 0.1) is 18.3 Å². The number of rotatable bonds is 4. The summed E-state index contributed by atoms with van der Waals surface area (Å²) in [4.78, 5) is 15.4. The molecule has 146 valence electrons. The average molecular weight is 396 g/mol. The van der Waals surface area contributed by atoms with E-state index in [0.29, 0.717) is 18.0 Å². The highest BCUT2D eigenvalue weighted by Gasteiger charge is 2.34. The molecule has 0 aliphatic carbocycles. The van der Waals surface area contributed by atoms with Crippen LogP contribution in [0.15, 0.2) is 53.6 Å². The third-order valence-corrected chi connectivity index (χ3v) is 5.97. The molecule has 1 amide bonds. The zero-order valence-electron chi connectivity index (χ0n) is 16.3. The van der Waals surface area contributed by atoms with Gasteiger partial charge in [0.15, 0.2) is 0 Å². The lowest BCUT2D eigenvalue weighted by Crippen LogP contribution is -2.40. The first-order valence-electron chi connectivity index (χ1n) is 10.0. The highest BCUT2D eigenvalue weighted by Crippen LogP contribution is 2.36. The van der Waals surface area contributed by atoms with E-state index >= 15 is 0 Å². The maximum Gasteiger partial charge on any atom is 0.257 e. The molecule has 0 aromatic heterocycles. The van der Waals surface area contributed by atoms with Gasteiger partial charge in [0.25, 0.3) is 5.91 Å². The van der Waals surface area contributed by atoms with Crippen LogP contribution >= 0.6 is 11.6 Å². The van der Waals surface area contributed by atoms with E-state index in [0.717, 1.165) is 29.9 Å². The Morgan fingerprint density at radius 3 is 2.50 bits per heavy atom. The standard InChI is InChI=1S/C23H26ClN3O/c1-17-9-11-18(12-10-17)21-15-22(19-7-3-4-8-20(19)24)27(25-21)23(28)16-26-13-5-2-6-14-26/h3-4,7-12,22H,2,5-6,13-16H2,1H3. The molecule has 5 heteroatoms. The molecule has 0 spiro atoms. The Morgan fingerprint density at radius 2 is 1.79 bits per heavy atom. The number of aryl methyl sites for hydroxylation is 1. The Kier molecular flexibility index (Phi) is 5.79. The molecule has 1 saturated heterocycles. The molecule has 2 aliphatic rings. The molecule has 1 fully saturated rings. The lowest BCUT2D eigenvalue weighted by molar-refractivity contribution is -0.134. The Balaban J connectivity index is 1.62. The number of piperidine rings is 1. The van der Waals surface area contributed by atoms with E-state index < -0.39 is 0 Å². The molecule has 1 atom stereocenters. The molecule has 28 heavy (non-hydrogen) atoms. The van der Waals surface area contributed by atoms with Crippen LogP contribution < -0.4 is 0 Å². The second-order valence-corrected chi connectivity index (χ2v) is 8.14. The maximum atomic E-state index is 13.2. The topological polar surface area (TPSA) is 35.9 Å². The molecule has 2 aromatic rings. The molecule has 0 saturated carbocycles. The Morgan fingerprint density at radius 1 is 1.07 bits per heavy atom. The molecule has 1 unspecified atom stereocenters. The van der Waals surface area contributed by atoms with Crippen molar-refractivity contribution < 1.29 is 4.79 Å². The normalized spacial score (nSPS) is 20.3.